The third kappa shape index (κ3) is 2.56. The molecule has 0 saturated carbocycles. The first kappa shape index (κ1) is 14.2. The summed E-state index contributed by atoms with van der Waals surface area (Å²) in [5, 5.41) is 7.19. The van der Waals surface area contributed by atoms with Crippen molar-refractivity contribution in [3.8, 4) is 22.6 Å². The number of fused-ring (bicyclic) bond motifs is 1. The molecule has 2 heterocycles. The lowest BCUT2D eigenvalue weighted by atomic mass is 10.1. The van der Waals surface area contributed by atoms with Crippen molar-refractivity contribution in [2.45, 2.75) is 0 Å². The third-order valence-electron chi connectivity index (χ3n) is 3.58. The Morgan fingerprint density at radius 2 is 1.91 bits per heavy atom. The minimum absolute atomic E-state index is 0.0480. The van der Waals surface area contributed by atoms with Gasteiger partial charge >= 0.3 is 0 Å². The maximum Gasteiger partial charge on any atom is 0.199 e. The Labute approximate surface area is 140 Å². The first-order valence-corrected chi connectivity index (χ1v) is 8.22. The maximum atomic E-state index is 12.6. The van der Waals surface area contributed by atoms with Gasteiger partial charge in [-0.1, -0.05) is 41.0 Å². The summed E-state index contributed by atoms with van der Waals surface area (Å²) in [6.07, 6.45) is 0. The Hall–Kier alpha value is -2.43. The molecule has 0 fully saturated rings. The Morgan fingerprint density at radius 3 is 2.78 bits per heavy atom. The van der Waals surface area contributed by atoms with Gasteiger partial charge in [0.05, 0.1) is 5.56 Å². The van der Waals surface area contributed by atoms with Crippen LogP contribution in [0.25, 0.3) is 32.7 Å². The lowest BCUT2D eigenvalue weighted by Gasteiger charge is -1.98. The molecule has 0 bridgehead atoms. The highest BCUT2D eigenvalue weighted by molar-refractivity contribution is 7.16. The van der Waals surface area contributed by atoms with Gasteiger partial charge in [-0.3, -0.25) is 4.79 Å². The summed E-state index contributed by atoms with van der Waals surface area (Å²) < 4.78 is 6.34. The van der Waals surface area contributed by atoms with Gasteiger partial charge in [0.25, 0.3) is 0 Å². The van der Waals surface area contributed by atoms with Crippen LogP contribution in [0.15, 0.2) is 69.3 Å². The molecule has 0 saturated heterocycles. The fraction of sp³-hybridized carbons (Fsp3) is 0. The summed E-state index contributed by atoms with van der Waals surface area (Å²) in [4.78, 5) is 12.6. The number of hydrogen-bond acceptors (Lipinski definition) is 4. The Balaban J connectivity index is 1.83. The van der Waals surface area contributed by atoms with Crippen LogP contribution in [-0.4, -0.2) is 5.16 Å². The average molecular weight is 340 g/mol. The molecule has 0 spiro atoms. The number of nitrogens with zero attached hydrogens (tertiary/aromatic N) is 1. The first-order valence-electron chi connectivity index (χ1n) is 6.96. The van der Waals surface area contributed by atoms with E-state index in [1.165, 1.54) is 11.3 Å². The quantitative estimate of drug-likeness (QED) is 0.501. The van der Waals surface area contributed by atoms with Gasteiger partial charge in [-0.15, -0.1) is 11.3 Å². The lowest BCUT2D eigenvalue weighted by Crippen LogP contribution is -2.02. The van der Waals surface area contributed by atoms with Gasteiger partial charge in [-0.2, -0.15) is 0 Å². The number of benzene rings is 2. The molecular weight excluding hydrogens is 330 g/mol. The van der Waals surface area contributed by atoms with Crippen LogP contribution in [-0.2, 0) is 0 Å². The topological polar surface area (TPSA) is 43.1 Å². The zero-order valence-corrected chi connectivity index (χ0v) is 13.4. The molecule has 0 aliphatic rings. The van der Waals surface area contributed by atoms with E-state index in [1.807, 2.05) is 47.8 Å². The van der Waals surface area contributed by atoms with Crippen LogP contribution in [0.1, 0.15) is 0 Å². The second kappa shape index (κ2) is 5.65. The standard InChI is InChI=1S/C18H10ClNO2S/c19-12-5-3-4-11(8-12)15-9-16(22-20-15)14-10-23-17-7-2-1-6-13(17)18(14)21/h1-10H. The summed E-state index contributed by atoms with van der Waals surface area (Å²) in [5.41, 5.74) is 1.98. The number of hydrogen-bond donors (Lipinski definition) is 0. The Kier molecular flexibility index (Phi) is 3.48. The molecule has 23 heavy (non-hydrogen) atoms. The van der Waals surface area contributed by atoms with Crippen molar-refractivity contribution in [2.24, 2.45) is 0 Å². The van der Waals surface area contributed by atoms with Gasteiger partial charge < -0.3 is 4.52 Å². The number of aromatic nitrogens is 1. The average Bonchev–Trinajstić information content (AvgIpc) is 3.05. The van der Waals surface area contributed by atoms with E-state index in [0.717, 1.165) is 10.3 Å². The van der Waals surface area contributed by atoms with E-state index >= 15 is 0 Å². The van der Waals surface area contributed by atoms with Crippen LogP contribution in [0.3, 0.4) is 0 Å². The molecule has 0 aliphatic carbocycles. The van der Waals surface area contributed by atoms with Crippen LogP contribution in [0.2, 0.25) is 5.02 Å². The fourth-order valence-corrected chi connectivity index (χ4v) is 3.54. The molecule has 112 valence electrons. The molecule has 0 radical (unpaired) electrons. The molecule has 0 aliphatic heterocycles. The van der Waals surface area contributed by atoms with Crippen LogP contribution in [0, 0.1) is 0 Å². The lowest BCUT2D eigenvalue weighted by molar-refractivity contribution is 0.435. The van der Waals surface area contributed by atoms with Crippen LogP contribution in [0.5, 0.6) is 0 Å². The van der Waals surface area contributed by atoms with Crippen molar-refractivity contribution < 1.29 is 4.52 Å². The minimum atomic E-state index is -0.0480. The maximum absolute atomic E-state index is 12.6. The largest absolute Gasteiger partial charge is 0.355 e. The Bertz CT molecular complexity index is 1070. The molecule has 2 aromatic carbocycles. The summed E-state index contributed by atoms with van der Waals surface area (Å²) in [5.74, 6) is 0.465. The van der Waals surface area contributed by atoms with Gasteiger partial charge in [0.1, 0.15) is 5.69 Å². The number of halogens is 1. The van der Waals surface area contributed by atoms with Crippen molar-refractivity contribution in [1.82, 2.24) is 5.16 Å². The predicted octanol–water partition coefficient (Wildman–Crippen LogP) is 5.24. The third-order valence-corrected chi connectivity index (χ3v) is 4.77. The summed E-state index contributed by atoms with van der Waals surface area (Å²) >= 11 is 7.51. The SMILES string of the molecule is O=c1c(-c2cc(-c3cccc(Cl)c3)no2)csc2ccccc12. The van der Waals surface area contributed by atoms with Crippen LogP contribution in [0.4, 0.5) is 0 Å². The first-order chi connectivity index (χ1) is 11.2. The second-order valence-corrected chi connectivity index (χ2v) is 6.41. The highest BCUT2D eigenvalue weighted by atomic mass is 35.5. The monoisotopic (exact) mass is 339 g/mol. The highest BCUT2D eigenvalue weighted by Crippen LogP contribution is 2.28. The van der Waals surface area contributed by atoms with Gasteiger partial charge in [-0.05, 0) is 24.3 Å². The van der Waals surface area contributed by atoms with E-state index in [-0.39, 0.29) is 5.43 Å². The van der Waals surface area contributed by atoms with Gasteiger partial charge in [-0.25, -0.2) is 0 Å². The highest BCUT2D eigenvalue weighted by Gasteiger charge is 2.13. The van der Waals surface area contributed by atoms with Crippen molar-refractivity contribution >= 4 is 33.0 Å². The van der Waals surface area contributed by atoms with E-state index in [0.29, 0.717) is 27.4 Å². The molecule has 0 N–H and O–H groups in total. The molecule has 0 amide bonds. The normalized spacial score (nSPS) is 11.0. The smallest absolute Gasteiger partial charge is 0.199 e. The molecule has 5 heteroatoms. The van der Waals surface area contributed by atoms with Crippen LogP contribution >= 0.6 is 22.9 Å². The molecule has 0 atom stereocenters. The van der Waals surface area contributed by atoms with E-state index in [1.54, 1.807) is 12.1 Å². The summed E-state index contributed by atoms with van der Waals surface area (Å²) in [6, 6.07) is 16.7. The predicted molar refractivity (Wildman–Crippen MR) is 94.0 cm³/mol. The molecule has 4 aromatic rings. The van der Waals surface area contributed by atoms with Crippen LogP contribution < -0.4 is 5.43 Å². The molecular formula is C18H10ClNO2S. The van der Waals surface area contributed by atoms with Gasteiger partial charge in [0.15, 0.2) is 11.2 Å². The summed E-state index contributed by atoms with van der Waals surface area (Å²) in [7, 11) is 0. The molecule has 2 aromatic heterocycles. The zero-order chi connectivity index (χ0) is 15.8. The molecule has 4 rings (SSSR count). The van der Waals surface area contributed by atoms with E-state index < -0.39 is 0 Å². The Morgan fingerprint density at radius 1 is 1.04 bits per heavy atom. The van der Waals surface area contributed by atoms with Crippen molar-refractivity contribution in [3.05, 3.63) is 75.2 Å². The van der Waals surface area contributed by atoms with E-state index in [9.17, 15) is 4.79 Å². The van der Waals surface area contributed by atoms with Crippen molar-refractivity contribution in [2.75, 3.05) is 0 Å². The number of rotatable bonds is 2. The molecule has 3 nitrogen and oxygen atoms in total. The van der Waals surface area contributed by atoms with Gasteiger partial charge in [0.2, 0.25) is 0 Å². The van der Waals surface area contributed by atoms with Gasteiger partial charge in [0, 0.05) is 32.1 Å². The van der Waals surface area contributed by atoms with E-state index in [2.05, 4.69) is 5.16 Å². The van der Waals surface area contributed by atoms with E-state index in [4.69, 9.17) is 16.1 Å². The summed E-state index contributed by atoms with van der Waals surface area (Å²) in [6.45, 7) is 0. The molecule has 0 unspecified atom stereocenters. The fourth-order valence-electron chi connectivity index (χ4n) is 2.43. The van der Waals surface area contributed by atoms with Crippen molar-refractivity contribution in [1.29, 1.82) is 0 Å². The minimum Gasteiger partial charge on any atom is -0.355 e. The van der Waals surface area contributed by atoms with Crippen molar-refractivity contribution in [3.63, 3.8) is 0 Å². The second-order valence-electron chi connectivity index (χ2n) is 5.06. The zero-order valence-electron chi connectivity index (χ0n) is 11.8.